The lowest BCUT2D eigenvalue weighted by atomic mass is 9.81. The average molecular weight is 624 g/mol. The van der Waals surface area contributed by atoms with Crippen molar-refractivity contribution in [1.29, 1.82) is 0 Å². The van der Waals surface area contributed by atoms with Crippen molar-refractivity contribution in [2.24, 2.45) is 0 Å². The fourth-order valence-electron chi connectivity index (χ4n) is 6.40. The van der Waals surface area contributed by atoms with Gasteiger partial charge in [-0.25, -0.2) is 0 Å². The van der Waals surface area contributed by atoms with E-state index in [2.05, 4.69) is 17.0 Å². The van der Waals surface area contributed by atoms with Gasteiger partial charge in [0, 0.05) is 30.3 Å². The predicted molar refractivity (Wildman–Crippen MR) is 163 cm³/mol. The number of hydrogen-bond donors (Lipinski definition) is 0. The van der Waals surface area contributed by atoms with Gasteiger partial charge in [-0.3, -0.25) is 4.90 Å². The Morgan fingerprint density at radius 1 is 0.909 bits per heavy atom. The van der Waals surface area contributed by atoms with Crippen LogP contribution in [0.3, 0.4) is 0 Å². The first-order valence-electron chi connectivity index (χ1n) is 14.4. The molecule has 44 heavy (non-hydrogen) atoms. The Hall–Kier alpha value is -4.02. The van der Waals surface area contributed by atoms with Crippen molar-refractivity contribution in [2.75, 3.05) is 14.2 Å². The molecule has 6 rings (SSSR count). The quantitative estimate of drug-likeness (QED) is 0.146. The first kappa shape index (κ1) is 30.0. The van der Waals surface area contributed by atoms with E-state index in [1.165, 1.54) is 11.6 Å². The van der Waals surface area contributed by atoms with Gasteiger partial charge in [0.15, 0.2) is 0 Å². The highest BCUT2D eigenvalue weighted by atomic mass is 32.2. The summed E-state index contributed by atoms with van der Waals surface area (Å²) in [7, 11) is -2.80. The van der Waals surface area contributed by atoms with Gasteiger partial charge in [0.25, 0.3) is 0 Å². The largest absolute Gasteiger partial charge is 0.534 e. The Kier molecular flexibility index (Phi) is 8.06. The summed E-state index contributed by atoms with van der Waals surface area (Å²) in [6.45, 7) is 0.808. The molecular formula is C34H32F3NO5S. The van der Waals surface area contributed by atoms with Gasteiger partial charge in [0.1, 0.15) is 17.2 Å². The molecule has 1 heterocycles. The van der Waals surface area contributed by atoms with Gasteiger partial charge < -0.3 is 13.7 Å². The summed E-state index contributed by atoms with van der Waals surface area (Å²) in [5, 5.41) is 1.52. The second-order valence-corrected chi connectivity index (χ2v) is 12.6. The molecule has 0 fully saturated rings. The van der Waals surface area contributed by atoms with Crippen LogP contribution in [0.5, 0.6) is 17.2 Å². The van der Waals surface area contributed by atoms with Crippen LogP contribution < -0.4 is 13.7 Å². The zero-order chi connectivity index (χ0) is 31.1. The van der Waals surface area contributed by atoms with E-state index in [4.69, 9.17) is 13.7 Å². The molecule has 2 aliphatic rings. The molecule has 0 spiro atoms. The molecule has 10 heteroatoms. The molecule has 230 valence electrons. The van der Waals surface area contributed by atoms with Gasteiger partial charge in [0.05, 0.1) is 20.3 Å². The van der Waals surface area contributed by atoms with Crippen molar-refractivity contribution in [2.45, 2.75) is 50.3 Å². The number of alkyl halides is 3. The summed E-state index contributed by atoms with van der Waals surface area (Å²) in [6.07, 6.45) is 6.22. The van der Waals surface area contributed by atoms with Crippen LogP contribution in [0.1, 0.15) is 59.5 Å². The van der Waals surface area contributed by atoms with Crippen molar-refractivity contribution in [1.82, 2.24) is 4.90 Å². The maximum Gasteiger partial charge on any atom is 0.534 e. The van der Waals surface area contributed by atoms with Gasteiger partial charge in [-0.1, -0.05) is 60.7 Å². The van der Waals surface area contributed by atoms with Gasteiger partial charge >= 0.3 is 15.6 Å². The number of rotatable bonds is 8. The molecule has 0 N–H and O–H groups in total. The van der Waals surface area contributed by atoms with E-state index < -0.39 is 21.7 Å². The highest BCUT2D eigenvalue weighted by molar-refractivity contribution is 7.88. The SMILES string of the molecule is COc1ccc(CN2Cc3c(C4=CCCCC4)ccc4ccc(OS(=O)(=O)C(F)(F)F)c(c34)[C@H]2c2ccccc2)c(OC)c1. The summed E-state index contributed by atoms with van der Waals surface area (Å²) < 4.78 is 81.8. The topological polar surface area (TPSA) is 65.1 Å². The lowest BCUT2D eigenvalue weighted by Crippen LogP contribution is -2.34. The van der Waals surface area contributed by atoms with Crippen molar-refractivity contribution in [3.63, 3.8) is 0 Å². The van der Waals surface area contributed by atoms with E-state index in [0.717, 1.165) is 58.7 Å². The lowest BCUT2D eigenvalue weighted by molar-refractivity contribution is -0.0500. The molecule has 0 amide bonds. The Morgan fingerprint density at radius 3 is 2.36 bits per heavy atom. The van der Waals surface area contributed by atoms with Crippen LogP contribution in [0.4, 0.5) is 13.2 Å². The molecule has 4 aromatic rings. The second-order valence-electron chi connectivity index (χ2n) is 11.0. The molecule has 1 atom stereocenters. The third-order valence-corrected chi connectivity index (χ3v) is 9.36. The molecule has 6 nitrogen and oxygen atoms in total. The van der Waals surface area contributed by atoms with E-state index in [1.807, 2.05) is 48.5 Å². The molecule has 0 aromatic heterocycles. The summed E-state index contributed by atoms with van der Waals surface area (Å²) in [5.74, 6) is 0.879. The summed E-state index contributed by atoms with van der Waals surface area (Å²) in [6, 6.07) is 21.2. The van der Waals surface area contributed by atoms with Crippen LogP contribution >= 0.6 is 0 Å². The zero-order valence-corrected chi connectivity index (χ0v) is 25.2. The number of ether oxygens (including phenoxy) is 2. The van der Waals surface area contributed by atoms with Crippen LogP contribution in [-0.4, -0.2) is 33.0 Å². The van der Waals surface area contributed by atoms with Crippen LogP contribution in [0.15, 0.2) is 78.9 Å². The first-order chi connectivity index (χ1) is 21.1. The number of methoxy groups -OCH3 is 2. The molecular weight excluding hydrogens is 591 g/mol. The van der Waals surface area contributed by atoms with Crippen molar-refractivity contribution in [3.8, 4) is 17.2 Å². The van der Waals surface area contributed by atoms with Crippen LogP contribution in [0.25, 0.3) is 16.3 Å². The van der Waals surface area contributed by atoms with E-state index in [9.17, 15) is 21.6 Å². The molecule has 4 aromatic carbocycles. The Bertz CT molecular complexity index is 1840. The summed E-state index contributed by atoms with van der Waals surface area (Å²) in [4.78, 5) is 2.14. The smallest absolute Gasteiger partial charge is 0.497 e. The first-order valence-corrected chi connectivity index (χ1v) is 15.8. The minimum absolute atomic E-state index is 0.342. The minimum atomic E-state index is -5.94. The summed E-state index contributed by atoms with van der Waals surface area (Å²) in [5.41, 5.74) is -0.437. The maximum atomic E-state index is 13.6. The molecule has 0 bridgehead atoms. The molecule has 0 saturated heterocycles. The Labute approximate surface area is 254 Å². The Morgan fingerprint density at radius 2 is 1.68 bits per heavy atom. The van der Waals surface area contributed by atoms with E-state index in [1.54, 1.807) is 26.4 Å². The molecule has 0 radical (unpaired) electrons. The third kappa shape index (κ3) is 5.52. The minimum Gasteiger partial charge on any atom is -0.497 e. The van der Waals surface area contributed by atoms with E-state index in [-0.39, 0.29) is 5.75 Å². The number of hydrogen-bond acceptors (Lipinski definition) is 6. The second kappa shape index (κ2) is 11.8. The molecule has 1 aliphatic carbocycles. The van der Waals surface area contributed by atoms with Gasteiger partial charge in [-0.15, -0.1) is 0 Å². The standard InChI is InChI=1S/C34H32F3NO5S/c1-41-26-16-13-25(30(19-26)42-2)20-38-21-28-27(22-9-5-3-6-10-22)17-14-23-15-18-29(43-44(39,40)34(35,36)37)32(31(23)28)33(38)24-11-7-4-8-12-24/h4,7-9,11-19,33H,3,5-6,10,20-21H2,1-2H3/t33-/m1/s1. The normalized spacial score (nSPS) is 17.3. The fourth-order valence-corrected chi connectivity index (χ4v) is 6.87. The lowest BCUT2D eigenvalue weighted by Gasteiger charge is -2.39. The van der Waals surface area contributed by atoms with Crippen LogP contribution in [-0.2, 0) is 23.2 Å². The number of allylic oxidation sites excluding steroid dienone is 2. The maximum absolute atomic E-state index is 13.6. The van der Waals surface area contributed by atoms with Gasteiger partial charge in [-0.05, 0) is 70.9 Å². The fraction of sp³-hybridized carbons (Fsp3) is 0.294. The highest BCUT2D eigenvalue weighted by Crippen LogP contribution is 2.49. The van der Waals surface area contributed by atoms with E-state index >= 15 is 0 Å². The molecule has 0 saturated carbocycles. The predicted octanol–water partition coefficient (Wildman–Crippen LogP) is 8.15. The number of benzene rings is 4. The molecule has 0 unspecified atom stereocenters. The highest BCUT2D eigenvalue weighted by Gasteiger charge is 2.49. The van der Waals surface area contributed by atoms with Crippen molar-refractivity contribution >= 4 is 26.5 Å². The Balaban J connectivity index is 1.62. The number of halogens is 3. The van der Waals surface area contributed by atoms with Crippen LogP contribution in [0.2, 0.25) is 0 Å². The third-order valence-electron chi connectivity index (χ3n) is 8.40. The van der Waals surface area contributed by atoms with Crippen molar-refractivity contribution < 1.29 is 35.2 Å². The van der Waals surface area contributed by atoms with Crippen LogP contribution in [0, 0.1) is 0 Å². The zero-order valence-electron chi connectivity index (χ0n) is 24.4. The van der Waals surface area contributed by atoms with Crippen molar-refractivity contribution in [3.05, 3.63) is 107 Å². The number of nitrogens with zero attached hydrogens (tertiary/aromatic N) is 1. The summed E-state index contributed by atoms with van der Waals surface area (Å²) >= 11 is 0. The van der Waals surface area contributed by atoms with E-state index in [0.29, 0.717) is 30.2 Å². The van der Waals surface area contributed by atoms with Gasteiger partial charge in [0.2, 0.25) is 0 Å². The molecule has 1 aliphatic heterocycles. The monoisotopic (exact) mass is 623 g/mol. The average Bonchev–Trinajstić information content (AvgIpc) is 3.02. The van der Waals surface area contributed by atoms with Gasteiger partial charge in [-0.2, -0.15) is 21.6 Å².